The minimum Gasteiger partial charge on any atom is -0.427 e. The molecule has 1 aromatic carbocycles. The average Bonchev–Trinajstić information content (AvgIpc) is 2.25. The molecule has 1 rings (SSSR count). The van der Waals surface area contributed by atoms with Crippen LogP contribution in [0.4, 0.5) is 0 Å². The maximum atomic E-state index is 10.8. The lowest BCUT2D eigenvalue weighted by molar-refractivity contribution is -0.131. The largest absolute Gasteiger partial charge is 0.427 e. The van der Waals surface area contributed by atoms with Crippen LogP contribution in [0.2, 0.25) is 0 Å². The van der Waals surface area contributed by atoms with Crippen molar-refractivity contribution in [1.82, 2.24) is 5.32 Å². The van der Waals surface area contributed by atoms with Crippen LogP contribution in [-0.2, 0) is 9.59 Å². The van der Waals surface area contributed by atoms with Crippen molar-refractivity contribution in [2.45, 2.75) is 18.7 Å². The van der Waals surface area contributed by atoms with Gasteiger partial charge in [0.2, 0.25) is 5.91 Å². The van der Waals surface area contributed by atoms with Gasteiger partial charge in [0.25, 0.3) is 0 Å². The van der Waals surface area contributed by atoms with E-state index in [9.17, 15) is 9.59 Å². The molecule has 0 bridgehead atoms. The first-order chi connectivity index (χ1) is 8.49. The highest BCUT2D eigenvalue weighted by molar-refractivity contribution is 14.1. The topological polar surface area (TPSA) is 55.4 Å². The highest BCUT2D eigenvalue weighted by atomic mass is 127. The van der Waals surface area contributed by atoms with E-state index >= 15 is 0 Å². The van der Waals surface area contributed by atoms with Crippen molar-refractivity contribution in [2.24, 2.45) is 0 Å². The first-order valence-electron chi connectivity index (χ1n) is 5.34. The Morgan fingerprint density at radius 2 is 2.11 bits per heavy atom. The maximum absolute atomic E-state index is 10.8. The molecule has 18 heavy (non-hydrogen) atoms. The highest BCUT2D eigenvalue weighted by Crippen LogP contribution is 2.27. The van der Waals surface area contributed by atoms with E-state index in [4.69, 9.17) is 4.74 Å². The lowest BCUT2D eigenvalue weighted by Gasteiger charge is -2.07. The second-order valence-corrected chi connectivity index (χ2v) is 5.82. The molecule has 1 amide bonds. The van der Waals surface area contributed by atoms with Crippen LogP contribution in [0.3, 0.4) is 0 Å². The summed E-state index contributed by atoms with van der Waals surface area (Å²) in [7, 11) is 0. The Morgan fingerprint density at radius 1 is 1.39 bits per heavy atom. The van der Waals surface area contributed by atoms with E-state index < -0.39 is 0 Å². The molecule has 0 aliphatic carbocycles. The van der Waals surface area contributed by atoms with Gasteiger partial charge in [-0.2, -0.15) is 0 Å². The SMILES string of the molecule is CC(=O)NCCSc1ccc(OC(C)=O)cc1I. The van der Waals surface area contributed by atoms with Gasteiger partial charge in [0.1, 0.15) is 5.75 Å². The summed E-state index contributed by atoms with van der Waals surface area (Å²) < 4.78 is 6.02. The van der Waals surface area contributed by atoms with E-state index in [1.165, 1.54) is 13.8 Å². The zero-order valence-electron chi connectivity index (χ0n) is 10.2. The van der Waals surface area contributed by atoms with E-state index in [0.717, 1.165) is 14.2 Å². The van der Waals surface area contributed by atoms with Gasteiger partial charge in [0, 0.05) is 34.6 Å². The molecule has 0 aliphatic heterocycles. The molecule has 0 aromatic heterocycles. The molecule has 0 atom stereocenters. The van der Waals surface area contributed by atoms with Crippen molar-refractivity contribution in [2.75, 3.05) is 12.3 Å². The van der Waals surface area contributed by atoms with Gasteiger partial charge in [0.15, 0.2) is 0 Å². The monoisotopic (exact) mass is 379 g/mol. The molecule has 0 radical (unpaired) electrons. The minimum absolute atomic E-state index is 0.0181. The van der Waals surface area contributed by atoms with Crippen LogP contribution >= 0.6 is 34.4 Å². The number of nitrogens with one attached hydrogen (secondary N) is 1. The number of thioether (sulfide) groups is 1. The van der Waals surface area contributed by atoms with E-state index in [1.807, 2.05) is 12.1 Å². The van der Waals surface area contributed by atoms with Gasteiger partial charge in [0.05, 0.1) is 0 Å². The van der Waals surface area contributed by atoms with Crippen molar-refractivity contribution >= 4 is 46.2 Å². The smallest absolute Gasteiger partial charge is 0.308 e. The fraction of sp³-hybridized carbons (Fsp3) is 0.333. The summed E-state index contributed by atoms with van der Waals surface area (Å²) in [6.07, 6.45) is 0. The van der Waals surface area contributed by atoms with Gasteiger partial charge >= 0.3 is 5.97 Å². The third-order valence-corrected chi connectivity index (χ3v) is 4.23. The number of hydrogen-bond donors (Lipinski definition) is 1. The molecule has 1 aromatic rings. The van der Waals surface area contributed by atoms with Crippen LogP contribution in [0, 0.1) is 3.57 Å². The molecule has 0 heterocycles. The molecule has 0 unspecified atom stereocenters. The van der Waals surface area contributed by atoms with Crippen LogP contribution < -0.4 is 10.1 Å². The summed E-state index contributed by atoms with van der Waals surface area (Å²) >= 11 is 3.85. The first kappa shape index (κ1) is 15.3. The van der Waals surface area contributed by atoms with Crippen LogP contribution in [0.25, 0.3) is 0 Å². The standard InChI is InChI=1S/C12H14INO3S/c1-8(15)14-5-6-18-12-4-3-10(7-11(12)13)17-9(2)16/h3-4,7H,5-6H2,1-2H3,(H,14,15). The minimum atomic E-state index is -0.322. The lowest BCUT2D eigenvalue weighted by Crippen LogP contribution is -2.22. The number of ether oxygens (including phenoxy) is 1. The van der Waals surface area contributed by atoms with Gasteiger partial charge in [-0.25, -0.2) is 0 Å². The molecule has 1 N–H and O–H groups in total. The van der Waals surface area contributed by atoms with Crippen molar-refractivity contribution in [3.8, 4) is 5.75 Å². The summed E-state index contributed by atoms with van der Waals surface area (Å²) in [4.78, 5) is 22.6. The van der Waals surface area contributed by atoms with E-state index in [2.05, 4.69) is 27.9 Å². The number of halogens is 1. The second-order valence-electron chi connectivity index (χ2n) is 3.52. The molecule has 0 spiro atoms. The molecule has 98 valence electrons. The molecular weight excluding hydrogens is 365 g/mol. The van der Waals surface area contributed by atoms with Crippen LogP contribution in [0.5, 0.6) is 5.75 Å². The maximum Gasteiger partial charge on any atom is 0.308 e. The Labute approximate surface area is 124 Å². The van der Waals surface area contributed by atoms with E-state index in [0.29, 0.717) is 12.3 Å². The van der Waals surface area contributed by atoms with E-state index in [-0.39, 0.29) is 11.9 Å². The second kappa shape index (κ2) is 7.63. The fourth-order valence-corrected chi connectivity index (χ4v) is 2.96. The molecule has 0 saturated carbocycles. The lowest BCUT2D eigenvalue weighted by atomic mass is 10.3. The Bertz CT molecular complexity index is 451. The zero-order valence-corrected chi connectivity index (χ0v) is 13.1. The normalized spacial score (nSPS) is 9.94. The Hall–Kier alpha value is -0.760. The van der Waals surface area contributed by atoms with E-state index in [1.54, 1.807) is 17.8 Å². The number of rotatable bonds is 5. The summed E-state index contributed by atoms with van der Waals surface area (Å²) in [5.41, 5.74) is 0. The van der Waals surface area contributed by atoms with Crippen LogP contribution in [-0.4, -0.2) is 24.2 Å². The summed E-state index contributed by atoms with van der Waals surface area (Å²) in [5, 5.41) is 2.74. The zero-order chi connectivity index (χ0) is 13.5. The Balaban J connectivity index is 2.51. The number of hydrogen-bond acceptors (Lipinski definition) is 4. The predicted octanol–water partition coefficient (Wildman–Crippen LogP) is 2.44. The number of esters is 1. The quantitative estimate of drug-likeness (QED) is 0.281. The summed E-state index contributed by atoms with van der Waals surface area (Å²) in [6, 6.07) is 5.51. The third-order valence-electron chi connectivity index (χ3n) is 1.90. The van der Waals surface area contributed by atoms with Crippen LogP contribution in [0.15, 0.2) is 23.1 Å². The average molecular weight is 379 g/mol. The van der Waals surface area contributed by atoms with Gasteiger partial charge in [-0.05, 0) is 40.8 Å². The molecule has 0 fully saturated rings. The van der Waals surface area contributed by atoms with Gasteiger partial charge in [-0.15, -0.1) is 11.8 Å². The summed E-state index contributed by atoms with van der Waals surface area (Å²) in [6.45, 7) is 3.52. The van der Waals surface area contributed by atoms with Crippen molar-refractivity contribution in [3.63, 3.8) is 0 Å². The van der Waals surface area contributed by atoms with Crippen LogP contribution in [0.1, 0.15) is 13.8 Å². The summed E-state index contributed by atoms with van der Waals surface area (Å²) in [5.74, 6) is 1.02. The molecule has 4 nitrogen and oxygen atoms in total. The highest BCUT2D eigenvalue weighted by Gasteiger charge is 2.04. The van der Waals surface area contributed by atoms with Gasteiger partial charge < -0.3 is 10.1 Å². The molecular formula is C12H14INO3S. The number of carbonyl (C=O) groups excluding carboxylic acids is 2. The number of amides is 1. The van der Waals surface area contributed by atoms with Crippen molar-refractivity contribution in [1.29, 1.82) is 0 Å². The van der Waals surface area contributed by atoms with Gasteiger partial charge in [-0.1, -0.05) is 0 Å². The van der Waals surface area contributed by atoms with Crippen molar-refractivity contribution < 1.29 is 14.3 Å². The Kier molecular flexibility index (Phi) is 6.48. The van der Waals surface area contributed by atoms with Crippen molar-refractivity contribution in [3.05, 3.63) is 21.8 Å². The number of carbonyl (C=O) groups is 2. The van der Waals surface area contributed by atoms with Gasteiger partial charge in [-0.3, -0.25) is 9.59 Å². The number of benzene rings is 1. The molecule has 6 heteroatoms. The fourth-order valence-electron chi connectivity index (χ4n) is 1.22. The third kappa shape index (κ3) is 5.72. The molecule has 0 saturated heterocycles. The first-order valence-corrected chi connectivity index (χ1v) is 7.40. The Morgan fingerprint density at radius 3 is 2.67 bits per heavy atom. The molecule has 0 aliphatic rings. The predicted molar refractivity (Wildman–Crippen MR) is 79.9 cm³/mol.